The van der Waals surface area contributed by atoms with Gasteiger partial charge in [0, 0.05) is 4.88 Å². The number of nitrogens with one attached hydrogen (secondary N) is 1. The van der Waals surface area contributed by atoms with Crippen molar-refractivity contribution in [1.29, 1.82) is 0 Å². The van der Waals surface area contributed by atoms with Gasteiger partial charge in [0.2, 0.25) is 0 Å². The second-order valence-electron chi connectivity index (χ2n) is 6.58. The number of ether oxygens (including phenoxy) is 2. The van der Waals surface area contributed by atoms with Crippen LogP contribution in [0.3, 0.4) is 0 Å². The fourth-order valence-corrected chi connectivity index (χ4v) is 4.50. The smallest absolute Gasteiger partial charge is 0.341 e. The van der Waals surface area contributed by atoms with Crippen LogP contribution >= 0.6 is 11.3 Å². The van der Waals surface area contributed by atoms with Crippen LogP contribution in [0.2, 0.25) is 0 Å². The first-order chi connectivity index (χ1) is 12.5. The molecule has 0 unspecified atom stereocenters. The van der Waals surface area contributed by atoms with Crippen LogP contribution in [0.15, 0.2) is 24.3 Å². The zero-order valence-electron chi connectivity index (χ0n) is 15.3. The summed E-state index contributed by atoms with van der Waals surface area (Å²) >= 11 is 1.46. The van der Waals surface area contributed by atoms with Crippen LogP contribution in [0, 0.1) is 0 Å². The second kappa shape index (κ2) is 7.91. The van der Waals surface area contributed by atoms with Crippen LogP contribution in [-0.4, -0.2) is 25.6 Å². The monoisotopic (exact) mass is 373 g/mol. The van der Waals surface area contributed by atoms with E-state index in [-0.39, 0.29) is 12.5 Å². The zero-order valence-corrected chi connectivity index (χ0v) is 16.1. The lowest BCUT2D eigenvalue weighted by Gasteiger charge is -2.13. The van der Waals surface area contributed by atoms with Gasteiger partial charge in [0.05, 0.1) is 12.7 Å². The topological polar surface area (TPSA) is 64.6 Å². The Balaban J connectivity index is 1.71. The van der Waals surface area contributed by atoms with Crippen LogP contribution in [0.5, 0.6) is 5.75 Å². The van der Waals surface area contributed by atoms with Gasteiger partial charge >= 0.3 is 5.97 Å². The summed E-state index contributed by atoms with van der Waals surface area (Å²) in [5.41, 5.74) is 2.58. The lowest BCUT2D eigenvalue weighted by molar-refractivity contribution is -0.118. The first-order valence-electron chi connectivity index (χ1n) is 8.75. The molecule has 1 aromatic carbocycles. The van der Waals surface area contributed by atoms with Crippen molar-refractivity contribution in [2.45, 2.75) is 39.0 Å². The number of carbonyl (C=O) groups is 2. The average molecular weight is 373 g/mol. The number of esters is 1. The summed E-state index contributed by atoms with van der Waals surface area (Å²) in [6.45, 7) is 4.06. The Hall–Kier alpha value is -2.34. The van der Waals surface area contributed by atoms with Crippen LogP contribution in [0.1, 0.15) is 52.5 Å². The van der Waals surface area contributed by atoms with Crippen molar-refractivity contribution in [2.75, 3.05) is 19.0 Å². The van der Waals surface area contributed by atoms with Gasteiger partial charge < -0.3 is 14.8 Å². The van der Waals surface area contributed by atoms with Gasteiger partial charge in [-0.1, -0.05) is 32.0 Å². The minimum absolute atomic E-state index is 0.104. The van der Waals surface area contributed by atoms with Crippen LogP contribution < -0.4 is 10.1 Å². The van der Waals surface area contributed by atoms with Gasteiger partial charge in [-0.2, -0.15) is 0 Å². The minimum Gasteiger partial charge on any atom is -0.483 e. The molecule has 6 heteroatoms. The number of hydrogen-bond acceptors (Lipinski definition) is 5. The van der Waals surface area contributed by atoms with Gasteiger partial charge in [-0.3, -0.25) is 4.79 Å². The quantitative estimate of drug-likeness (QED) is 0.772. The average Bonchev–Trinajstić information content (AvgIpc) is 3.20. The molecule has 0 fully saturated rings. The molecular weight excluding hydrogens is 350 g/mol. The number of aryl methyl sites for hydroxylation is 1. The molecule has 0 radical (unpaired) electrons. The van der Waals surface area contributed by atoms with Crippen molar-refractivity contribution < 1.29 is 19.1 Å². The van der Waals surface area contributed by atoms with E-state index in [9.17, 15) is 9.59 Å². The largest absolute Gasteiger partial charge is 0.483 e. The Bertz CT molecular complexity index is 825. The van der Waals surface area contributed by atoms with Gasteiger partial charge in [-0.25, -0.2) is 4.79 Å². The number of carbonyl (C=O) groups excluding carboxylic acids is 2. The standard InChI is InChI=1S/C20H23NO4S/c1-12(2)13-7-4-5-9-15(13)25-11-17(22)21-19-18(20(23)24-3)14-8-6-10-16(14)26-19/h4-5,7,9,12H,6,8,10-11H2,1-3H3,(H,21,22). The summed E-state index contributed by atoms with van der Waals surface area (Å²) in [5.74, 6) is 0.333. The lowest BCUT2D eigenvalue weighted by atomic mass is 10.0. The minimum atomic E-state index is -0.397. The molecule has 3 rings (SSSR count). The molecule has 138 valence electrons. The SMILES string of the molecule is COC(=O)c1c(NC(=O)COc2ccccc2C(C)C)sc2c1CCC2. The molecule has 1 heterocycles. The third-order valence-corrected chi connectivity index (χ3v) is 5.67. The van der Waals surface area contributed by atoms with E-state index >= 15 is 0 Å². The Morgan fingerprint density at radius 2 is 2.00 bits per heavy atom. The number of benzene rings is 1. The molecule has 0 saturated heterocycles. The highest BCUT2D eigenvalue weighted by Gasteiger charge is 2.28. The Morgan fingerprint density at radius 3 is 2.73 bits per heavy atom. The van der Waals surface area contributed by atoms with E-state index in [1.807, 2.05) is 24.3 Å². The molecule has 5 nitrogen and oxygen atoms in total. The maximum atomic E-state index is 12.4. The third kappa shape index (κ3) is 3.75. The predicted molar refractivity (Wildman–Crippen MR) is 102 cm³/mol. The maximum absolute atomic E-state index is 12.4. The molecule has 1 aromatic heterocycles. The number of rotatable bonds is 6. The number of methoxy groups -OCH3 is 1. The first-order valence-corrected chi connectivity index (χ1v) is 9.57. The fraction of sp³-hybridized carbons (Fsp3) is 0.400. The summed E-state index contributed by atoms with van der Waals surface area (Å²) in [7, 11) is 1.36. The molecule has 0 aliphatic heterocycles. The molecule has 1 amide bonds. The second-order valence-corrected chi connectivity index (χ2v) is 7.69. The number of thiophene rings is 1. The van der Waals surface area contributed by atoms with Gasteiger partial charge in [-0.05, 0) is 42.4 Å². The van der Waals surface area contributed by atoms with Crippen molar-refractivity contribution in [2.24, 2.45) is 0 Å². The molecule has 1 aliphatic carbocycles. The Kier molecular flexibility index (Phi) is 5.61. The summed E-state index contributed by atoms with van der Waals surface area (Å²) in [4.78, 5) is 25.7. The van der Waals surface area contributed by atoms with Crippen molar-refractivity contribution >= 4 is 28.2 Å². The number of anilines is 1. The zero-order chi connectivity index (χ0) is 18.7. The molecule has 26 heavy (non-hydrogen) atoms. The molecule has 2 aromatic rings. The van der Waals surface area contributed by atoms with E-state index in [4.69, 9.17) is 9.47 Å². The number of para-hydroxylation sites is 1. The van der Waals surface area contributed by atoms with E-state index in [1.54, 1.807) is 0 Å². The number of hydrogen-bond donors (Lipinski definition) is 1. The summed E-state index contributed by atoms with van der Waals surface area (Å²) in [6, 6.07) is 7.70. The molecule has 1 N–H and O–H groups in total. The number of fused-ring (bicyclic) bond motifs is 1. The Labute approximate surface area is 157 Å². The van der Waals surface area contributed by atoms with E-state index < -0.39 is 5.97 Å². The highest BCUT2D eigenvalue weighted by Crippen LogP contribution is 2.39. The van der Waals surface area contributed by atoms with E-state index in [2.05, 4.69) is 19.2 Å². The van der Waals surface area contributed by atoms with Crippen LogP contribution in [0.4, 0.5) is 5.00 Å². The van der Waals surface area contributed by atoms with Crippen molar-refractivity contribution in [1.82, 2.24) is 0 Å². The highest BCUT2D eigenvalue weighted by molar-refractivity contribution is 7.17. The summed E-state index contributed by atoms with van der Waals surface area (Å²) in [6.07, 6.45) is 2.83. The maximum Gasteiger partial charge on any atom is 0.341 e. The summed E-state index contributed by atoms with van der Waals surface area (Å²) in [5, 5.41) is 3.39. The fourth-order valence-electron chi connectivity index (χ4n) is 3.21. The third-order valence-electron chi connectivity index (χ3n) is 4.46. The molecule has 0 bridgehead atoms. The van der Waals surface area contributed by atoms with Crippen LogP contribution in [0.25, 0.3) is 0 Å². The normalized spacial score (nSPS) is 12.8. The van der Waals surface area contributed by atoms with E-state index in [1.165, 1.54) is 18.4 Å². The lowest BCUT2D eigenvalue weighted by Crippen LogP contribution is -2.21. The van der Waals surface area contributed by atoms with Gasteiger partial charge in [0.1, 0.15) is 10.8 Å². The van der Waals surface area contributed by atoms with E-state index in [0.717, 1.165) is 35.3 Å². The van der Waals surface area contributed by atoms with Gasteiger partial charge in [0.15, 0.2) is 6.61 Å². The summed E-state index contributed by atoms with van der Waals surface area (Å²) < 4.78 is 10.6. The Morgan fingerprint density at radius 1 is 1.23 bits per heavy atom. The molecule has 0 spiro atoms. The van der Waals surface area contributed by atoms with Crippen molar-refractivity contribution in [3.63, 3.8) is 0 Å². The molecule has 0 atom stereocenters. The molecule has 1 aliphatic rings. The van der Waals surface area contributed by atoms with Gasteiger partial charge in [0.25, 0.3) is 5.91 Å². The number of amides is 1. The van der Waals surface area contributed by atoms with Crippen LogP contribution in [-0.2, 0) is 22.4 Å². The van der Waals surface area contributed by atoms with E-state index in [0.29, 0.717) is 22.2 Å². The van der Waals surface area contributed by atoms with Crippen molar-refractivity contribution in [3.8, 4) is 5.75 Å². The molecular formula is C20H23NO4S. The first kappa shape index (κ1) is 18.5. The predicted octanol–water partition coefficient (Wildman–Crippen LogP) is 4.16. The highest BCUT2D eigenvalue weighted by atomic mass is 32.1. The van der Waals surface area contributed by atoms with Crippen molar-refractivity contribution in [3.05, 3.63) is 45.8 Å². The van der Waals surface area contributed by atoms with Gasteiger partial charge in [-0.15, -0.1) is 11.3 Å². The molecule has 0 saturated carbocycles.